The Hall–Kier alpha value is -3.91. The van der Waals surface area contributed by atoms with Gasteiger partial charge in [0, 0.05) is 16.5 Å². The molecule has 0 aliphatic rings. The summed E-state index contributed by atoms with van der Waals surface area (Å²) >= 11 is 1.40. The van der Waals surface area contributed by atoms with E-state index in [1.807, 2.05) is 24.3 Å². The van der Waals surface area contributed by atoms with Gasteiger partial charge in [0.15, 0.2) is 16.7 Å². The number of aromatic hydroxyl groups is 1. The third kappa shape index (κ3) is 3.27. The minimum Gasteiger partial charge on any atom is -0.507 e. The number of amides is 1. The number of thiazole rings is 1. The van der Waals surface area contributed by atoms with Gasteiger partial charge >= 0.3 is 5.63 Å². The maximum Gasteiger partial charge on any atom is 0.343 e. The van der Waals surface area contributed by atoms with Gasteiger partial charge in [-0.3, -0.25) is 10.1 Å². The van der Waals surface area contributed by atoms with Crippen LogP contribution in [-0.2, 0) is 0 Å². The highest BCUT2D eigenvalue weighted by Gasteiger charge is 2.19. The number of anilines is 1. The predicted molar refractivity (Wildman–Crippen MR) is 119 cm³/mol. The largest absolute Gasteiger partial charge is 0.507 e. The first-order valence-corrected chi connectivity index (χ1v) is 10.3. The molecule has 0 aliphatic carbocycles. The SMILES string of the molecule is Cc1c(-c2cc3cc(C(=O)Nc4nc5ccccc5s4)ccc3o2)oc(=O)c(C)c1O. The number of nitrogens with zero attached hydrogens (tertiary/aromatic N) is 1. The van der Waals surface area contributed by atoms with Crippen LogP contribution < -0.4 is 10.9 Å². The Morgan fingerprint density at radius 2 is 1.87 bits per heavy atom. The summed E-state index contributed by atoms with van der Waals surface area (Å²) < 4.78 is 12.1. The summed E-state index contributed by atoms with van der Waals surface area (Å²) in [5.74, 6) is 0.0374. The van der Waals surface area contributed by atoms with E-state index in [1.54, 1.807) is 31.2 Å². The van der Waals surface area contributed by atoms with Crippen molar-refractivity contribution in [2.24, 2.45) is 0 Å². The number of benzene rings is 2. The Morgan fingerprint density at radius 3 is 2.68 bits per heavy atom. The van der Waals surface area contributed by atoms with Crippen molar-refractivity contribution in [3.63, 3.8) is 0 Å². The van der Waals surface area contributed by atoms with Crippen LogP contribution in [0.2, 0.25) is 0 Å². The molecule has 8 heteroatoms. The van der Waals surface area contributed by atoms with Gasteiger partial charge in [-0.1, -0.05) is 23.5 Å². The van der Waals surface area contributed by atoms with Gasteiger partial charge in [-0.2, -0.15) is 0 Å². The Balaban J connectivity index is 1.48. The molecule has 5 rings (SSSR count). The molecule has 0 aliphatic heterocycles. The first-order chi connectivity index (χ1) is 14.9. The van der Waals surface area contributed by atoms with Gasteiger partial charge < -0.3 is 13.9 Å². The Kier molecular flexibility index (Phi) is 4.37. The average Bonchev–Trinajstić information content (AvgIpc) is 3.37. The van der Waals surface area contributed by atoms with Crippen molar-refractivity contribution >= 4 is 43.6 Å². The predicted octanol–water partition coefficient (Wildman–Crippen LogP) is 5.24. The highest BCUT2D eigenvalue weighted by atomic mass is 32.1. The van der Waals surface area contributed by atoms with Crippen molar-refractivity contribution in [2.45, 2.75) is 13.8 Å². The fourth-order valence-electron chi connectivity index (χ4n) is 3.36. The number of hydrogen-bond donors (Lipinski definition) is 2. The van der Waals surface area contributed by atoms with Gasteiger partial charge in [0.2, 0.25) is 0 Å². The first kappa shape index (κ1) is 19.1. The maximum atomic E-state index is 12.7. The summed E-state index contributed by atoms with van der Waals surface area (Å²) in [7, 11) is 0. The molecule has 2 aromatic carbocycles. The van der Waals surface area contributed by atoms with Gasteiger partial charge in [-0.05, 0) is 50.2 Å². The lowest BCUT2D eigenvalue weighted by Gasteiger charge is -2.05. The van der Waals surface area contributed by atoms with Crippen LogP contribution in [0.4, 0.5) is 5.13 Å². The Labute approximate surface area is 179 Å². The summed E-state index contributed by atoms with van der Waals surface area (Å²) in [6.45, 7) is 3.14. The third-order valence-electron chi connectivity index (χ3n) is 5.07. The molecular formula is C23H16N2O5S. The normalized spacial score (nSPS) is 11.3. The highest BCUT2D eigenvalue weighted by molar-refractivity contribution is 7.22. The fourth-order valence-corrected chi connectivity index (χ4v) is 4.22. The van der Waals surface area contributed by atoms with Crippen molar-refractivity contribution in [1.82, 2.24) is 4.98 Å². The van der Waals surface area contributed by atoms with Gasteiger partial charge in [-0.25, -0.2) is 9.78 Å². The van der Waals surface area contributed by atoms with Gasteiger partial charge in [0.25, 0.3) is 5.91 Å². The van der Waals surface area contributed by atoms with Crippen molar-refractivity contribution in [3.05, 3.63) is 75.6 Å². The molecule has 2 N–H and O–H groups in total. The molecule has 1 amide bonds. The molecule has 3 aromatic heterocycles. The molecule has 154 valence electrons. The monoisotopic (exact) mass is 432 g/mol. The summed E-state index contributed by atoms with van der Waals surface area (Å²) in [6, 6.07) is 14.3. The molecule has 7 nitrogen and oxygen atoms in total. The molecule has 3 heterocycles. The number of aromatic nitrogens is 1. The second kappa shape index (κ2) is 7.10. The topological polar surface area (TPSA) is 106 Å². The van der Waals surface area contributed by atoms with E-state index < -0.39 is 5.63 Å². The zero-order chi connectivity index (χ0) is 21.7. The van der Waals surface area contributed by atoms with Crippen LogP contribution >= 0.6 is 11.3 Å². The van der Waals surface area contributed by atoms with Crippen LogP contribution in [-0.4, -0.2) is 16.0 Å². The van der Waals surface area contributed by atoms with Gasteiger partial charge in [0.1, 0.15) is 11.3 Å². The minimum atomic E-state index is -0.630. The zero-order valence-corrected chi connectivity index (χ0v) is 17.4. The lowest BCUT2D eigenvalue weighted by Crippen LogP contribution is -2.11. The quantitative estimate of drug-likeness (QED) is 0.404. The first-order valence-electron chi connectivity index (χ1n) is 9.45. The Bertz CT molecular complexity index is 1510. The van der Waals surface area contributed by atoms with Crippen molar-refractivity contribution in [3.8, 4) is 17.3 Å². The summed E-state index contributed by atoms with van der Waals surface area (Å²) in [6.07, 6.45) is 0. The Morgan fingerprint density at radius 1 is 1.06 bits per heavy atom. The van der Waals surface area contributed by atoms with E-state index in [4.69, 9.17) is 8.83 Å². The van der Waals surface area contributed by atoms with Gasteiger partial charge in [-0.15, -0.1) is 0 Å². The summed E-state index contributed by atoms with van der Waals surface area (Å²) in [5, 5.41) is 14.2. The molecule has 0 saturated heterocycles. The van der Waals surface area contributed by atoms with E-state index in [0.717, 1.165) is 10.2 Å². The number of hydrogen-bond acceptors (Lipinski definition) is 7. The van der Waals surface area contributed by atoms with E-state index in [0.29, 0.717) is 33.0 Å². The van der Waals surface area contributed by atoms with E-state index >= 15 is 0 Å². The lowest BCUT2D eigenvalue weighted by molar-refractivity contribution is 0.102. The van der Waals surface area contributed by atoms with Crippen LogP contribution in [0, 0.1) is 13.8 Å². The average molecular weight is 432 g/mol. The van der Waals surface area contributed by atoms with Gasteiger partial charge in [0.05, 0.1) is 15.8 Å². The van der Waals surface area contributed by atoms with Crippen molar-refractivity contribution in [1.29, 1.82) is 0 Å². The number of furan rings is 1. The van der Waals surface area contributed by atoms with E-state index in [1.165, 1.54) is 18.3 Å². The second-order valence-corrected chi connectivity index (χ2v) is 8.15. The number of rotatable bonds is 3. The molecule has 0 atom stereocenters. The minimum absolute atomic E-state index is 0.123. The third-order valence-corrected chi connectivity index (χ3v) is 6.02. The number of nitrogens with one attached hydrogen (secondary N) is 1. The highest BCUT2D eigenvalue weighted by Crippen LogP contribution is 2.34. The van der Waals surface area contributed by atoms with Crippen LogP contribution in [0.3, 0.4) is 0 Å². The number of carbonyl (C=O) groups is 1. The molecule has 0 bridgehead atoms. The lowest BCUT2D eigenvalue weighted by atomic mass is 10.1. The molecule has 31 heavy (non-hydrogen) atoms. The van der Waals surface area contributed by atoms with E-state index in [-0.39, 0.29) is 23.0 Å². The molecule has 0 saturated carbocycles. The van der Waals surface area contributed by atoms with Crippen LogP contribution in [0.25, 0.3) is 32.7 Å². The molecule has 5 aromatic rings. The number of para-hydroxylation sites is 1. The van der Waals surface area contributed by atoms with Crippen molar-refractivity contribution in [2.75, 3.05) is 5.32 Å². The van der Waals surface area contributed by atoms with Crippen LogP contribution in [0.15, 0.2) is 62.2 Å². The smallest absolute Gasteiger partial charge is 0.343 e. The molecular weight excluding hydrogens is 416 g/mol. The maximum absolute atomic E-state index is 12.7. The molecule has 0 unspecified atom stereocenters. The summed E-state index contributed by atoms with van der Waals surface area (Å²) in [4.78, 5) is 29.1. The number of fused-ring (bicyclic) bond motifs is 2. The second-order valence-electron chi connectivity index (χ2n) is 7.12. The van der Waals surface area contributed by atoms with E-state index in [9.17, 15) is 14.7 Å². The zero-order valence-electron chi connectivity index (χ0n) is 16.6. The van der Waals surface area contributed by atoms with E-state index in [2.05, 4.69) is 10.3 Å². The standard InChI is InChI=1S/C23H16N2O5S/c1-11-19(26)12(2)22(28)30-20(11)17-10-14-9-13(7-8-16(14)29-17)21(27)25-23-24-15-5-3-4-6-18(15)31-23/h3-10,26H,1-2H3,(H,24,25,27). The molecule has 0 radical (unpaired) electrons. The van der Waals surface area contributed by atoms with Crippen molar-refractivity contribution < 1.29 is 18.7 Å². The fraction of sp³-hybridized carbons (Fsp3) is 0.0870. The van der Waals surface area contributed by atoms with Crippen LogP contribution in [0.1, 0.15) is 21.5 Å². The summed E-state index contributed by atoms with van der Waals surface area (Å²) in [5.41, 5.74) is 1.71. The number of carbonyl (C=O) groups excluding carboxylic acids is 1. The molecule has 0 fully saturated rings. The molecule has 0 spiro atoms. The van der Waals surface area contributed by atoms with Crippen LogP contribution in [0.5, 0.6) is 5.75 Å².